The molecule has 4 nitrogen and oxygen atoms in total. The molecular formula is C14H9BrClN3O. The number of nitrogens with zero attached hydrogens (tertiary/aromatic N) is 2. The van der Waals surface area contributed by atoms with E-state index in [2.05, 4.69) is 26.1 Å². The summed E-state index contributed by atoms with van der Waals surface area (Å²) in [5, 5.41) is 4.53. The van der Waals surface area contributed by atoms with Gasteiger partial charge in [0.2, 0.25) is 5.82 Å². The van der Waals surface area contributed by atoms with Crippen LogP contribution >= 0.6 is 27.5 Å². The summed E-state index contributed by atoms with van der Waals surface area (Å²) in [4.78, 5) is 4.35. The van der Waals surface area contributed by atoms with E-state index in [1.165, 1.54) is 0 Å². The highest BCUT2D eigenvalue weighted by Crippen LogP contribution is 2.29. The van der Waals surface area contributed by atoms with Gasteiger partial charge in [0.05, 0.1) is 5.02 Å². The molecule has 0 aliphatic carbocycles. The number of hydrogen-bond acceptors (Lipinski definition) is 4. The summed E-state index contributed by atoms with van der Waals surface area (Å²) in [5.74, 6) is 0.853. The van der Waals surface area contributed by atoms with E-state index in [0.717, 1.165) is 15.6 Å². The number of halogens is 2. The van der Waals surface area contributed by atoms with Gasteiger partial charge in [-0.25, -0.2) is 0 Å². The number of nitrogen functional groups attached to an aromatic ring is 1. The van der Waals surface area contributed by atoms with Crippen LogP contribution in [0.5, 0.6) is 0 Å². The van der Waals surface area contributed by atoms with Gasteiger partial charge >= 0.3 is 0 Å². The molecule has 6 heteroatoms. The Balaban J connectivity index is 2.02. The zero-order valence-electron chi connectivity index (χ0n) is 10.2. The predicted molar refractivity (Wildman–Crippen MR) is 82.3 cm³/mol. The lowest BCUT2D eigenvalue weighted by atomic mass is 10.2. The summed E-state index contributed by atoms with van der Waals surface area (Å²) in [7, 11) is 0. The number of aromatic nitrogens is 2. The number of hydrogen-bond donors (Lipinski definition) is 1. The second-order valence-corrected chi connectivity index (χ2v) is 5.40. The minimum absolute atomic E-state index is 0.402. The topological polar surface area (TPSA) is 64.9 Å². The second kappa shape index (κ2) is 5.26. The molecule has 2 aromatic carbocycles. The first-order valence-corrected chi connectivity index (χ1v) is 6.96. The molecule has 1 heterocycles. The van der Waals surface area contributed by atoms with Crippen LogP contribution in [-0.4, -0.2) is 10.1 Å². The molecule has 3 rings (SSSR count). The normalized spacial score (nSPS) is 10.7. The third kappa shape index (κ3) is 2.42. The lowest BCUT2D eigenvalue weighted by Crippen LogP contribution is -1.88. The van der Waals surface area contributed by atoms with E-state index >= 15 is 0 Å². The van der Waals surface area contributed by atoms with Gasteiger partial charge in [0.1, 0.15) is 0 Å². The van der Waals surface area contributed by atoms with Gasteiger partial charge in [-0.05, 0) is 46.3 Å². The predicted octanol–water partition coefficient (Wildman–Crippen LogP) is 4.40. The van der Waals surface area contributed by atoms with E-state index in [1.807, 2.05) is 30.3 Å². The van der Waals surface area contributed by atoms with Crippen LogP contribution < -0.4 is 5.73 Å². The maximum atomic E-state index is 6.11. The molecule has 100 valence electrons. The van der Waals surface area contributed by atoms with Crippen LogP contribution in [0.2, 0.25) is 5.02 Å². The van der Waals surface area contributed by atoms with Crippen LogP contribution in [0.1, 0.15) is 0 Å². The average Bonchev–Trinajstić information content (AvgIpc) is 2.92. The summed E-state index contributed by atoms with van der Waals surface area (Å²) < 4.78 is 6.09. The van der Waals surface area contributed by atoms with E-state index < -0.39 is 0 Å². The monoisotopic (exact) mass is 349 g/mol. The summed E-state index contributed by atoms with van der Waals surface area (Å²) in [5.41, 5.74) is 7.94. The smallest absolute Gasteiger partial charge is 0.258 e. The first kappa shape index (κ1) is 13.1. The van der Waals surface area contributed by atoms with E-state index in [-0.39, 0.29) is 0 Å². The molecule has 20 heavy (non-hydrogen) atoms. The Morgan fingerprint density at radius 1 is 1.15 bits per heavy atom. The van der Waals surface area contributed by atoms with Crippen LogP contribution in [0.4, 0.5) is 5.69 Å². The van der Waals surface area contributed by atoms with Gasteiger partial charge in [0.15, 0.2) is 0 Å². The Kier molecular flexibility index (Phi) is 3.46. The molecule has 0 amide bonds. The maximum absolute atomic E-state index is 6.11. The van der Waals surface area contributed by atoms with Crippen molar-refractivity contribution in [3.05, 3.63) is 52.0 Å². The molecule has 0 spiro atoms. The molecule has 0 aliphatic heterocycles. The zero-order valence-corrected chi connectivity index (χ0v) is 12.5. The second-order valence-electron chi connectivity index (χ2n) is 4.14. The molecule has 0 fully saturated rings. The van der Waals surface area contributed by atoms with E-state index in [1.54, 1.807) is 12.1 Å². The summed E-state index contributed by atoms with van der Waals surface area (Å²) in [6.07, 6.45) is 0. The summed E-state index contributed by atoms with van der Waals surface area (Å²) in [6, 6.07) is 12.8. The highest BCUT2D eigenvalue weighted by molar-refractivity contribution is 9.10. The Hall–Kier alpha value is -1.85. The highest BCUT2D eigenvalue weighted by atomic mass is 79.9. The molecule has 0 radical (unpaired) electrons. The van der Waals surface area contributed by atoms with Gasteiger partial charge in [0.25, 0.3) is 5.89 Å². The minimum atomic E-state index is 0.402. The lowest BCUT2D eigenvalue weighted by Gasteiger charge is -1.99. The number of anilines is 1. The third-order valence-corrected chi connectivity index (χ3v) is 3.84. The molecule has 0 aliphatic rings. The van der Waals surface area contributed by atoms with Crippen molar-refractivity contribution in [3.8, 4) is 22.8 Å². The quantitative estimate of drug-likeness (QED) is 0.696. The molecule has 0 atom stereocenters. The lowest BCUT2D eigenvalue weighted by molar-refractivity contribution is 0.432. The van der Waals surface area contributed by atoms with E-state index in [9.17, 15) is 0 Å². The molecule has 0 saturated heterocycles. The van der Waals surface area contributed by atoms with Gasteiger partial charge in [-0.2, -0.15) is 4.98 Å². The standard InChI is InChI=1S/C14H9BrClN3O/c15-10-6-5-8(7-12(10)17)14-18-13(19-20-14)9-3-1-2-4-11(9)16/h1-7H,17H2. The Morgan fingerprint density at radius 2 is 1.95 bits per heavy atom. The third-order valence-electron chi connectivity index (χ3n) is 2.78. The van der Waals surface area contributed by atoms with Crippen LogP contribution in [0.25, 0.3) is 22.8 Å². The van der Waals surface area contributed by atoms with Crippen molar-refractivity contribution in [2.24, 2.45) is 0 Å². The van der Waals surface area contributed by atoms with Crippen molar-refractivity contribution in [3.63, 3.8) is 0 Å². The van der Waals surface area contributed by atoms with Gasteiger partial charge in [0, 0.05) is 21.3 Å². The van der Waals surface area contributed by atoms with Gasteiger partial charge < -0.3 is 10.3 Å². The Bertz CT molecular complexity index is 773. The fourth-order valence-electron chi connectivity index (χ4n) is 1.77. The fourth-order valence-corrected chi connectivity index (χ4v) is 2.24. The Labute approximate surface area is 128 Å². The first-order chi connectivity index (χ1) is 9.65. The van der Waals surface area contributed by atoms with Crippen LogP contribution in [0, 0.1) is 0 Å². The molecule has 3 aromatic rings. The molecular weight excluding hydrogens is 342 g/mol. The van der Waals surface area contributed by atoms with E-state index in [4.69, 9.17) is 21.9 Å². The molecule has 0 unspecified atom stereocenters. The van der Waals surface area contributed by atoms with E-state index in [0.29, 0.717) is 22.4 Å². The van der Waals surface area contributed by atoms with Crippen LogP contribution in [0.3, 0.4) is 0 Å². The van der Waals surface area contributed by atoms with Crippen molar-refractivity contribution >= 4 is 33.2 Å². The fraction of sp³-hybridized carbons (Fsp3) is 0. The number of rotatable bonds is 2. The van der Waals surface area contributed by atoms with Gasteiger partial charge in [-0.15, -0.1) is 0 Å². The van der Waals surface area contributed by atoms with Crippen molar-refractivity contribution in [1.82, 2.24) is 10.1 Å². The highest BCUT2D eigenvalue weighted by Gasteiger charge is 2.13. The summed E-state index contributed by atoms with van der Waals surface area (Å²) in [6.45, 7) is 0. The van der Waals surface area contributed by atoms with Gasteiger partial charge in [-0.3, -0.25) is 0 Å². The molecule has 0 bridgehead atoms. The average molecular weight is 351 g/mol. The van der Waals surface area contributed by atoms with Crippen LogP contribution in [0.15, 0.2) is 51.5 Å². The molecule has 1 aromatic heterocycles. The van der Waals surface area contributed by atoms with Crippen molar-refractivity contribution < 1.29 is 4.52 Å². The Morgan fingerprint density at radius 3 is 2.70 bits per heavy atom. The van der Waals surface area contributed by atoms with Crippen LogP contribution in [-0.2, 0) is 0 Å². The minimum Gasteiger partial charge on any atom is -0.398 e. The molecule has 2 N–H and O–H groups in total. The largest absolute Gasteiger partial charge is 0.398 e. The van der Waals surface area contributed by atoms with Crippen molar-refractivity contribution in [2.45, 2.75) is 0 Å². The SMILES string of the molecule is Nc1cc(-c2nc(-c3ccccc3Cl)no2)ccc1Br. The maximum Gasteiger partial charge on any atom is 0.258 e. The van der Waals surface area contributed by atoms with Crippen molar-refractivity contribution in [1.29, 1.82) is 0 Å². The molecule has 0 saturated carbocycles. The number of benzene rings is 2. The summed E-state index contributed by atoms with van der Waals surface area (Å²) >= 11 is 9.46. The van der Waals surface area contributed by atoms with Gasteiger partial charge in [-0.1, -0.05) is 28.9 Å². The first-order valence-electron chi connectivity index (χ1n) is 5.79. The number of nitrogens with two attached hydrogens (primary N) is 1. The van der Waals surface area contributed by atoms with Crippen molar-refractivity contribution in [2.75, 3.05) is 5.73 Å². The zero-order chi connectivity index (χ0) is 14.1.